The molecule has 3 rings (SSSR count). The van der Waals surface area contributed by atoms with Crippen LogP contribution in [0.2, 0.25) is 0 Å². The highest BCUT2D eigenvalue weighted by molar-refractivity contribution is 5.78. The van der Waals surface area contributed by atoms with Crippen LogP contribution in [0.5, 0.6) is 0 Å². The van der Waals surface area contributed by atoms with Gasteiger partial charge >= 0.3 is 0 Å². The standard InChI is InChI=1S/C17H26N4O3/c1-3-24-11-16(23)21-7-6-20-10-14(19-17(20)12(21)2)8-15(22)18-9-13-4-5-13/h10,12-13H,3-9,11H2,1-2H3,(H,18,22). The van der Waals surface area contributed by atoms with Gasteiger partial charge in [-0.3, -0.25) is 9.59 Å². The number of rotatable bonds is 7. The third kappa shape index (κ3) is 3.95. The van der Waals surface area contributed by atoms with E-state index in [1.54, 1.807) is 4.90 Å². The maximum atomic E-state index is 12.2. The third-order valence-electron chi connectivity index (χ3n) is 4.66. The van der Waals surface area contributed by atoms with Gasteiger partial charge in [-0.1, -0.05) is 0 Å². The van der Waals surface area contributed by atoms with Crippen LogP contribution < -0.4 is 5.32 Å². The van der Waals surface area contributed by atoms with Crippen LogP contribution in [0.1, 0.15) is 44.2 Å². The molecule has 1 aliphatic carbocycles. The lowest BCUT2D eigenvalue weighted by atomic mass is 10.2. The Hall–Kier alpha value is -1.89. The number of aromatic nitrogens is 2. The summed E-state index contributed by atoms with van der Waals surface area (Å²) in [7, 11) is 0. The fourth-order valence-corrected chi connectivity index (χ4v) is 3.05. The molecule has 1 aromatic heterocycles. The number of imidazole rings is 1. The van der Waals surface area contributed by atoms with Gasteiger partial charge in [0.25, 0.3) is 0 Å². The van der Waals surface area contributed by atoms with E-state index in [1.165, 1.54) is 12.8 Å². The zero-order chi connectivity index (χ0) is 17.1. The molecule has 132 valence electrons. The molecule has 24 heavy (non-hydrogen) atoms. The van der Waals surface area contributed by atoms with Crippen molar-refractivity contribution in [1.82, 2.24) is 19.8 Å². The predicted octanol–water partition coefficient (Wildman–Crippen LogP) is 0.892. The van der Waals surface area contributed by atoms with Crippen LogP contribution in [0.25, 0.3) is 0 Å². The van der Waals surface area contributed by atoms with Crippen LogP contribution in [0, 0.1) is 5.92 Å². The summed E-state index contributed by atoms with van der Waals surface area (Å²) >= 11 is 0. The van der Waals surface area contributed by atoms with Crippen LogP contribution in [-0.4, -0.2) is 52.6 Å². The summed E-state index contributed by atoms with van der Waals surface area (Å²) in [6.07, 6.45) is 4.68. The van der Waals surface area contributed by atoms with Gasteiger partial charge in [-0.15, -0.1) is 0 Å². The molecular formula is C17H26N4O3. The Bertz CT molecular complexity index is 609. The molecule has 1 aliphatic heterocycles. The van der Waals surface area contributed by atoms with E-state index in [4.69, 9.17) is 4.74 Å². The average Bonchev–Trinajstić information content (AvgIpc) is 3.30. The molecule has 1 aromatic rings. The molecule has 2 heterocycles. The van der Waals surface area contributed by atoms with Gasteiger partial charge < -0.3 is 19.5 Å². The van der Waals surface area contributed by atoms with E-state index in [9.17, 15) is 9.59 Å². The first-order valence-electron chi connectivity index (χ1n) is 8.78. The summed E-state index contributed by atoms with van der Waals surface area (Å²) in [4.78, 5) is 30.6. The van der Waals surface area contributed by atoms with Crippen LogP contribution in [0.15, 0.2) is 6.20 Å². The fraction of sp³-hybridized carbons (Fsp3) is 0.706. The first-order chi connectivity index (χ1) is 11.6. The Balaban J connectivity index is 1.60. The molecule has 0 spiro atoms. The van der Waals surface area contributed by atoms with E-state index in [0.717, 1.165) is 18.1 Å². The molecule has 0 saturated heterocycles. The van der Waals surface area contributed by atoms with Crippen LogP contribution in [0.3, 0.4) is 0 Å². The third-order valence-corrected chi connectivity index (χ3v) is 4.66. The molecule has 7 nitrogen and oxygen atoms in total. The van der Waals surface area contributed by atoms with Crippen molar-refractivity contribution in [1.29, 1.82) is 0 Å². The number of nitrogens with one attached hydrogen (secondary N) is 1. The van der Waals surface area contributed by atoms with Gasteiger partial charge in [0.15, 0.2) is 0 Å². The molecule has 7 heteroatoms. The molecular weight excluding hydrogens is 308 g/mol. The lowest BCUT2D eigenvalue weighted by molar-refractivity contribution is -0.139. The van der Waals surface area contributed by atoms with E-state index in [0.29, 0.717) is 32.0 Å². The number of fused-ring (bicyclic) bond motifs is 1. The van der Waals surface area contributed by atoms with E-state index in [2.05, 4.69) is 14.9 Å². The number of hydrogen-bond donors (Lipinski definition) is 1. The summed E-state index contributed by atoms with van der Waals surface area (Å²) in [6.45, 7) is 6.61. The highest BCUT2D eigenvalue weighted by Gasteiger charge is 2.30. The average molecular weight is 334 g/mol. The van der Waals surface area contributed by atoms with Crippen LogP contribution in [-0.2, 0) is 27.3 Å². The molecule has 2 amide bonds. The lowest BCUT2D eigenvalue weighted by Crippen LogP contribution is -2.42. The van der Waals surface area contributed by atoms with Crippen molar-refractivity contribution in [3.8, 4) is 0 Å². The predicted molar refractivity (Wildman–Crippen MR) is 88.3 cm³/mol. The molecule has 1 fully saturated rings. The largest absolute Gasteiger partial charge is 0.372 e. The summed E-state index contributed by atoms with van der Waals surface area (Å²) in [5.74, 6) is 1.53. The number of ether oxygens (including phenoxy) is 1. The normalized spacial score (nSPS) is 19.9. The molecule has 1 atom stereocenters. The van der Waals surface area contributed by atoms with Crippen molar-refractivity contribution in [2.45, 2.75) is 45.7 Å². The Labute approximate surface area is 142 Å². The Morgan fingerprint density at radius 2 is 2.17 bits per heavy atom. The van der Waals surface area contributed by atoms with Crippen molar-refractivity contribution in [2.75, 3.05) is 26.3 Å². The van der Waals surface area contributed by atoms with Crippen LogP contribution >= 0.6 is 0 Å². The maximum absolute atomic E-state index is 12.2. The van der Waals surface area contributed by atoms with Gasteiger partial charge in [0.1, 0.15) is 12.4 Å². The molecule has 2 aliphatic rings. The highest BCUT2D eigenvalue weighted by Crippen LogP contribution is 2.27. The van der Waals surface area contributed by atoms with Crippen molar-refractivity contribution < 1.29 is 14.3 Å². The quantitative estimate of drug-likeness (QED) is 0.803. The van der Waals surface area contributed by atoms with Crippen molar-refractivity contribution in [2.24, 2.45) is 5.92 Å². The molecule has 0 bridgehead atoms. The van der Waals surface area contributed by atoms with Crippen molar-refractivity contribution in [3.63, 3.8) is 0 Å². The first kappa shape index (κ1) is 17.0. The number of amides is 2. The maximum Gasteiger partial charge on any atom is 0.249 e. The summed E-state index contributed by atoms with van der Waals surface area (Å²) in [5.41, 5.74) is 0.768. The highest BCUT2D eigenvalue weighted by atomic mass is 16.5. The second kappa shape index (κ2) is 7.34. The number of carbonyl (C=O) groups excluding carboxylic acids is 2. The zero-order valence-electron chi connectivity index (χ0n) is 14.5. The number of carbonyl (C=O) groups is 2. The number of hydrogen-bond acceptors (Lipinski definition) is 4. The molecule has 1 N–H and O–H groups in total. The van der Waals surface area contributed by atoms with Crippen molar-refractivity contribution >= 4 is 11.8 Å². The zero-order valence-corrected chi connectivity index (χ0v) is 14.5. The second-order valence-electron chi connectivity index (χ2n) is 6.61. The molecule has 0 radical (unpaired) electrons. The van der Waals surface area contributed by atoms with Gasteiger partial charge in [-0.05, 0) is 32.6 Å². The van der Waals surface area contributed by atoms with Gasteiger partial charge in [-0.2, -0.15) is 0 Å². The smallest absolute Gasteiger partial charge is 0.249 e. The Kier molecular flexibility index (Phi) is 5.18. The monoisotopic (exact) mass is 334 g/mol. The minimum atomic E-state index is -0.102. The fourth-order valence-electron chi connectivity index (χ4n) is 3.05. The van der Waals surface area contributed by atoms with E-state index in [-0.39, 0.29) is 24.5 Å². The number of nitrogens with zero attached hydrogens (tertiary/aromatic N) is 3. The van der Waals surface area contributed by atoms with Gasteiger partial charge in [0.05, 0.1) is 18.2 Å². The van der Waals surface area contributed by atoms with Gasteiger partial charge in [0.2, 0.25) is 11.8 Å². The second-order valence-corrected chi connectivity index (χ2v) is 6.61. The van der Waals surface area contributed by atoms with Gasteiger partial charge in [-0.25, -0.2) is 4.98 Å². The van der Waals surface area contributed by atoms with Gasteiger partial charge in [0, 0.05) is 32.4 Å². The molecule has 0 aromatic carbocycles. The van der Waals surface area contributed by atoms with E-state index in [1.807, 2.05) is 20.0 Å². The summed E-state index contributed by atoms with van der Waals surface area (Å²) in [5, 5.41) is 2.97. The van der Waals surface area contributed by atoms with E-state index < -0.39 is 0 Å². The topological polar surface area (TPSA) is 76.5 Å². The minimum absolute atomic E-state index is 0.0117. The SMILES string of the molecule is CCOCC(=O)N1CCn2cc(CC(=O)NCC3CC3)nc2C1C. The summed E-state index contributed by atoms with van der Waals surface area (Å²) < 4.78 is 7.28. The molecule has 1 saturated carbocycles. The molecule has 1 unspecified atom stereocenters. The Morgan fingerprint density at radius 3 is 2.88 bits per heavy atom. The van der Waals surface area contributed by atoms with Crippen molar-refractivity contribution in [3.05, 3.63) is 17.7 Å². The summed E-state index contributed by atoms with van der Waals surface area (Å²) in [6, 6.07) is -0.102. The Morgan fingerprint density at radius 1 is 1.38 bits per heavy atom. The first-order valence-corrected chi connectivity index (χ1v) is 8.78. The minimum Gasteiger partial charge on any atom is -0.372 e. The van der Waals surface area contributed by atoms with Crippen LogP contribution in [0.4, 0.5) is 0 Å². The lowest BCUT2D eigenvalue weighted by Gasteiger charge is -2.33. The van der Waals surface area contributed by atoms with E-state index >= 15 is 0 Å².